The van der Waals surface area contributed by atoms with Gasteiger partial charge in [-0.05, 0) is 6.07 Å². The standard InChI is InChI=1S/C15H12N2O2/c1-17-12-8-16-11-5-3-2-4-10(11)13(12)15(14(17)19)6-9(18)7-15/h2-5,8H,6-7H2,1H3. The maximum Gasteiger partial charge on any atom is 0.238 e. The summed E-state index contributed by atoms with van der Waals surface area (Å²) in [5.41, 5.74) is 2.09. The molecule has 0 bridgehead atoms. The van der Waals surface area contributed by atoms with Gasteiger partial charge in [0.2, 0.25) is 5.91 Å². The van der Waals surface area contributed by atoms with Gasteiger partial charge < -0.3 is 4.90 Å². The van der Waals surface area contributed by atoms with Gasteiger partial charge in [-0.25, -0.2) is 0 Å². The number of nitrogens with zero attached hydrogens (tertiary/aromatic N) is 2. The number of ketones is 1. The van der Waals surface area contributed by atoms with Crippen LogP contribution in [0.3, 0.4) is 0 Å². The summed E-state index contributed by atoms with van der Waals surface area (Å²) in [7, 11) is 1.76. The van der Waals surface area contributed by atoms with Crippen molar-refractivity contribution in [2.45, 2.75) is 18.3 Å². The second-order valence-electron chi connectivity index (χ2n) is 5.37. The molecule has 0 N–H and O–H groups in total. The first-order valence-electron chi connectivity index (χ1n) is 6.31. The molecule has 1 saturated carbocycles. The fourth-order valence-electron chi connectivity index (χ4n) is 3.37. The van der Waals surface area contributed by atoms with Crippen LogP contribution in [0.5, 0.6) is 0 Å². The van der Waals surface area contributed by atoms with E-state index in [0.717, 1.165) is 22.2 Å². The molecule has 4 heteroatoms. The number of rotatable bonds is 0. The number of benzene rings is 1. The number of anilines is 1. The molecule has 1 spiro atoms. The van der Waals surface area contributed by atoms with Crippen molar-refractivity contribution in [3.63, 3.8) is 0 Å². The number of hydrogen-bond acceptors (Lipinski definition) is 3. The van der Waals surface area contributed by atoms with Gasteiger partial charge in [0.15, 0.2) is 0 Å². The number of amides is 1. The third kappa shape index (κ3) is 1.12. The number of hydrogen-bond donors (Lipinski definition) is 0. The number of aromatic nitrogens is 1. The minimum atomic E-state index is -0.621. The molecule has 2 aliphatic rings. The topological polar surface area (TPSA) is 50.3 Å². The molecule has 0 saturated heterocycles. The van der Waals surface area contributed by atoms with Crippen molar-refractivity contribution in [1.82, 2.24) is 4.98 Å². The van der Waals surface area contributed by atoms with Crippen molar-refractivity contribution in [1.29, 1.82) is 0 Å². The van der Waals surface area contributed by atoms with Gasteiger partial charge in [-0.15, -0.1) is 0 Å². The molecule has 1 fully saturated rings. The Kier molecular flexibility index (Phi) is 1.80. The molecule has 1 amide bonds. The van der Waals surface area contributed by atoms with Crippen LogP contribution in [-0.2, 0) is 15.0 Å². The second kappa shape index (κ2) is 3.20. The molecule has 19 heavy (non-hydrogen) atoms. The predicted octanol–water partition coefficient (Wildman–Crippen LogP) is 1.81. The number of Topliss-reactive ketones (excluding diaryl/α,β-unsaturated/α-hetero) is 1. The third-order valence-corrected chi connectivity index (χ3v) is 4.31. The van der Waals surface area contributed by atoms with E-state index in [1.807, 2.05) is 24.3 Å². The predicted molar refractivity (Wildman–Crippen MR) is 71.1 cm³/mol. The van der Waals surface area contributed by atoms with E-state index < -0.39 is 5.41 Å². The molecule has 0 unspecified atom stereocenters. The Labute approximate surface area is 110 Å². The lowest BCUT2D eigenvalue weighted by Crippen LogP contribution is -2.49. The maximum atomic E-state index is 12.5. The smallest absolute Gasteiger partial charge is 0.238 e. The average Bonchev–Trinajstić information content (AvgIpc) is 2.61. The van der Waals surface area contributed by atoms with E-state index in [4.69, 9.17) is 0 Å². The van der Waals surface area contributed by atoms with Crippen molar-refractivity contribution in [3.8, 4) is 0 Å². The number of fused-ring (bicyclic) bond motifs is 4. The fourth-order valence-corrected chi connectivity index (χ4v) is 3.37. The highest BCUT2D eigenvalue weighted by Gasteiger charge is 2.58. The Morgan fingerprint density at radius 3 is 2.68 bits per heavy atom. The van der Waals surface area contributed by atoms with Crippen molar-refractivity contribution in [2.75, 3.05) is 11.9 Å². The molecule has 0 atom stereocenters. The number of carbonyl (C=O) groups excluding carboxylic acids is 2. The van der Waals surface area contributed by atoms with Crippen molar-refractivity contribution < 1.29 is 9.59 Å². The van der Waals surface area contributed by atoms with Crippen molar-refractivity contribution in [2.24, 2.45) is 0 Å². The van der Waals surface area contributed by atoms with Crippen LogP contribution in [0.4, 0.5) is 5.69 Å². The SMILES string of the molecule is CN1C(=O)C2(CC(=O)C2)c2c1cnc1ccccc21. The van der Waals surface area contributed by atoms with Crippen LogP contribution >= 0.6 is 0 Å². The van der Waals surface area contributed by atoms with E-state index in [1.165, 1.54) is 0 Å². The second-order valence-corrected chi connectivity index (χ2v) is 5.37. The highest BCUT2D eigenvalue weighted by atomic mass is 16.2. The lowest BCUT2D eigenvalue weighted by molar-refractivity contribution is -0.138. The molecule has 2 heterocycles. The molecule has 1 aliphatic heterocycles. The van der Waals surface area contributed by atoms with Crippen LogP contribution in [0.15, 0.2) is 30.5 Å². The van der Waals surface area contributed by atoms with Crippen LogP contribution in [0, 0.1) is 0 Å². The van der Waals surface area contributed by atoms with E-state index in [-0.39, 0.29) is 11.7 Å². The lowest BCUT2D eigenvalue weighted by Gasteiger charge is -2.35. The first-order chi connectivity index (χ1) is 9.13. The molecule has 4 rings (SSSR count). The Balaban J connectivity index is 2.09. The van der Waals surface area contributed by atoms with Gasteiger partial charge >= 0.3 is 0 Å². The molecule has 1 aromatic carbocycles. The number of carbonyl (C=O) groups is 2. The third-order valence-electron chi connectivity index (χ3n) is 4.31. The number of para-hydroxylation sites is 1. The first kappa shape index (κ1) is 10.7. The van der Waals surface area contributed by atoms with Gasteiger partial charge in [0.25, 0.3) is 0 Å². The van der Waals surface area contributed by atoms with Crippen molar-refractivity contribution in [3.05, 3.63) is 36.0 Å². The van der Waals surface area contributed by atoms with Gasteiger partial charge in [0.05, 0.1) is 22.8 Å². The zero-order valence-electron chi connectivity index (χ0n) is 10.5. The van der Waals surface area contributed by atoms with E-state index in [1.54, 1.807) is 18.1 Å². The van der Waals surface area contributed by atoms with Gasteiger partial charge in [0, 0.05) is 30.8 Å². The highest BCUT2D eigenvalue weighted by Crippen LogP contribution is 2.53. The first-order valence-corrected chi connectivity index (χ1v) is 6.31. The fraction of sp³-hybridized carbons (Fsp3) is 0.267. The van der Waals surface area contributed by atoms with Gasteiger partial charge in [-0.2, -0.15) is 0 Å². The quantitative estimate of drug-likeness (QED) is 0.718. The Hall–Kier alpha value is -2.23. The van der Waals surface area contributed by atoms with Gasteiger partial charge in [0.1, 0.15) is 5.78 Å². The lowest BCUT2D eigenvalue weighted by atomic mass is 9.63. The monoisotopic (exact) mass is 252 g/mol. The number of pyridine rings is 1. The summed E-state index contributed by atoms with van der Waals surface area (Å²) in [5, 5.41) is 0.991. The van der Waals surface area contributed by atoms with E-state index in [2.05, 4.69) is 4.98 Å². The zero-order chi connectivity index (χ0) is 13.2. The summed E-state index contributed by atoms with van der Waals surface area (Å²) in [5.74, 6) is 0.191. The van der Waals surface area contributed by atoms with Gasteiger partial charge in [-0.1, -0.05) is 18.2 Å². The molecule has 4 nitrogen and oxygen atoms in total. The summed E-state index contributed by atoms with van der Waals surface area (Å²) in [6.07, 6.45) is 2.40. The van der Waals surface area contributed by atoms with Gasteiger partial charge in [-0.3, -0.25) is 14.6 Å². The highest BCUT2D eigenvalue weighted by molar-refractivity contribution is 6.18. The minimum absolute atomic E-state index is 0.0280. The van der Waals surface area contributed by atoms with Crippen LogP contribution in [0.1, 0.15) is 18.4 Å². The molecule has 2 aromatic rings. The van der Waals surface area contributed by atoms with E-state index in [0.29, 0.717) is 12.8 Å². The van der Waals surface area contributed by atoms with E-state index in [9.17, 15) is 9.59 Å². The van der Waals surface area contributed by atoms with Crippen LogP contribution in [0.2, 0.25) is 0 Å². The maximum absolute atomic E-state index is 12.5. The van der Waals surface area contributed by atoms with Crippen LogP contribution < -0.4 is 4.90 Å². The summed E-state index contributed by atoms with van der Waals surface area (Å²) in [6.45, 7) is 0. The molecular weight excluding hydrogens is 240 g/mol. The Morgan fingerprint density at radius 2 is 1.95 bits per heavy atom. The van der Waals surface area contributed by atoms with E-state index >= 15 is 0 Å². The summed E-state index contributed by atoms with van der Waals surface area (Å²) in [6, 6.07) is 7.80. The molecular formula is C15H12N2O2. The largest absolute Gasteiger partial charge is 0.313 e. The zero-order valence-corrected chi connectivity index (χ0v) is 10.5. The molecule has 94 valence electrons. The summed E-state index contributed by atoms with van der Waals surface area (Å²) >= 11 is 0. The normalized spacial score (nSPS) is 19.9. The Morgan fingerprint density at radius 1 is 1.21 bits per heavy atom. The molecule has 0 radical (unpaired) electrons. The summed E-state index contributed by atoms with van der Waals surface area (Å²) in [4.78, 5) is 30.0. The molecule has 1 aliphatic carbocycles. The molecule has 1 aromatic heterocycles. The minimum Gasteiger partial charge on any atom is -0.313 e. The van der Waals surface area contributed by atoms with Crippen LogP contribution in [-0.4, -0.2) is 23.7 Å². The average molecular weight is 252 g/mol. The number of likely N-dealkylation sites (N-methyl/N-ethyl adjacent to an activating group) is 1. The summed E-state index contributed by atoms with van der Waals surface area (Å²) < 4.78 is 0. The Bertz CT molecular complexity index is 743. The van der Waals surface area contributed by atoms with Crippen molar-refractivity contribution >= 4 is 28.3 Å². The van der Waals surface area contributed by atoms with Crippen LogP contribution in [0.25, 0.3) is 10.9 Å².